The van der Waals surface area contributed by atoms with E-state index in [9.17, 15) is 14.4 Å². The van der Waals surface area contributed by atoms with Gasteiger partial charge in [0, 0.05) is 29.1 Å². The van der Waals surface area contributed by atoms with Crippen LogP contribution in [0.5, 0.6) is 0 Å². The number of amides is 1. The van der Waals surface area contributed by atoms with Gasteiger partial charge in [0.15, 0.2) is 5.78 Å². The molecule has 5 nitrogen and oxygen atoms in total. The number of aliphatic carboxylic acids is 1. The molecule has 6 heteroatoms. The number of carbonyl (C=O) groups excluding carboxylic acids is 2. The predicted molar refractivity (Wildman–Crippen MR) is 104 cm³/mol. The van der Waals surface area contributed by atoms with Gasteiger partial charge in [-0.2, -0.15) is 0 Å². The van der Waals surface area contributed by atoms with Crippen LogP contribution in [0.3, 0.4) is 0 Å². The quantitative estimate of drug-likeness (QED) is 0.609. The highest BCUT2D eigenvalue weighted by atomic mass is 32.2. The van der Waals surface area contributed by atoms with Crippen molar-refractivity contribution < 1.29 is 19.5 Å². The number of benzene rings is 2. The van der Waals surface area contributed by atoms with Crippen LogP contribution in [0, 0.1) is 5.92 Å². The maximum Gasteiger partial charge on any atom is 0.306 e. The molecule has 1 N–H and O–H groups in total. The summed E-state index contributed by atoms with van der Waals surface area (Å²) < 4.78 is 0. The van der Waals surface area contributed by atoms with Gasteiger partial charge in [-0.05, 0) is 31.0 Å². The molecular weight excluding hydrogens is 362 g/mol. The van der Waals surface area contributed by atoms with Crippen molar-refractivity contribution in [1.82, 2.24) is 4.90 Å². The fourth-order valence-corrected chi connectivity index (χ4v) is 3.94. The van der Waals surface area contributed by atoms with Crippen molar-refractivity contribution in [2.75, 3.05) is 18.8 Å². The lowest BCUT2D eigenvalue weighted by Gasteiger charge is -2.30. The standard InChI is InChI=1S/C21H21NO4S/c23-19(15-5-2-1-3-6-15)14-27-18-8-4-7-17(13-18)20(24)22-11-9-16(10-12-22)21(25)26/h1-8,13,16H,9-12,14H2,(H,25,26). The maximum absolute atomic E-state index is 12.7. The Balaban J connectivity index is 1.59. The Labute approximate surface area is 162 Å². The number of hydrogen-bond acceptors (Lipinski definition) is 4. The summed E-state index contributed by atoms with van der Waals surface area (Å²) in [6.07, 6.45) is 0.974. The molecule has 140 valence electrons. The third-order valence-corrected chi connectivity index (χ3v) is 5.67. The van der Waals surface area contributed by atoms with Gasteiger partial charge in [0.05, 0.1) is 11.7 Å². The number of likely N-dealkylation sites (tertiary alicyclic amines) is 1. The van der Waals surface area contributed by atoms with E-state index in [4.69, 9.17) is 5.11 Å². The summed E-state index contributed by atoms with van der Waals surface area (Å²) in [6, 6.07) is 16.4. The van der Waals surface area contributed by atoms with E-state index < -0.39 is 5.97 Å². The molecule has 0 spiro atoms. The van der Waals surface area contributed by atoms with Crippen molar-refractivity contribution in [2.45, 2.75) is 17.7 Å². The second kappa shape index (κ2) is 8.86. The third kappa shape index (κ3) is 4.98. The van der Waals surface area contributed by atoms with E-state index in [-0.39, 0.29) is 17.6 Å². The van der Waals surface area contributed by atoms with E-state index >= 15 is 0 Å². The van der Waals surface area contributed by atoms with Crippen LogP contribution in [0.4, 0.5) is 0 Å². The molecule has 1 aliphatic heterocycles. The van der Waals surface area contributed by atoms with Crippen LogP contribution in [-0.2, 0) is 4.79 Å². The monoisotopic (exact) mass is 383 g/mol. The summed E-state index contributed by atoms with van der Waals surface area (Å²) in [6.45, 7) is 0.916. The van der Waals surface area contributed by atoms with Crippen LogP contribution >= 0.6 is 11.8 Å². The Kier molecular flexibility index (Phi) is 6.29. The van der Waals surface area contributed by atoms with Gasteiger partial charge in [-0.3, -0.25) is 14.4 Å². The summed E-state index contributed by atoms with van der Waals surface area (Å²) in [5, 5.41) is 9.07. The predicted octanol–water partition coefficient (Wildman–Crippen LogP) is 3.60. The summed E-state index contributed by atoms with van der Waals surface area (Å²) >= 11 is 1.41. The molecule has 0 aliphatic carbocycles. The minimum absolute atomic E-state index is 0.0491. The van der Waals surface area contributed by atoms with Crippen LogP contribution in [0.1, 0.15) is 33.6 Å². The Morgan fingerprint density at radius 2 is 1.63 bits per heavy atom. The van der Waals surface area contributed by atoms with Gasteiger partial charge in [0.2, 0.25) is 0 Å². The number of ketones is 1. The highest BCUT2D eigenvalue weighted by molar-refractivity contribution is 8.00. The molecule has 0 radical (unpaired) electrons. The smallest absolute Gasteiger partial charge is 0.306 e. The number of nitrogens with zero attached hydrogens (tertiary/aromatic N) is 1. The molecule has 0 unspecified atom stereocenters. The number of thioether (sulfide) groups is 1. The maximum atomic E-state index is 12.7. The number of carboxylic acids is 1. The summed E-state index contributed by atoms with van der Waals surface area (Å²) in [5.41, 5.74) is 1.25. The molecule has 27 heavy (non-hydrogen) atoms. The van der Waals surface area contributed by atoms with Crippen molar-refractivity contribution in [3.8, 4) is 0 Å². The Hall–Kier alpha value is -2.60. The molecule has 3 rings (SSSR count). The molecule has 0 atom stereocenters. The minimum Gasteiger partial charge on any atom is -0.481 e. The number of hydrogen-bond donors (Lipinski definition) is 1. The van der Waals surface area contributed by atoms with Crippen molar-refractivity contribution in [3.05, 3.63) is 65.7 Å². The SMILES string of the molecule is O=C(CSc1cccc(C(=O)N2CCC(C(=O)O)CC2)c1)c1ccccc1. The summed E-state index contributed by atoms with van der Waals surface area (Å²) in [4.78, 5) is 38.5. The van der Waals surface area contributed by atoms with Crippen LogP contribution in [0.2, 0.25) is 0 Å². The fourth-order valence-electron chi connectivity index (χ4n) is 3.09. The first-order chi connectivity index (χ1) is 13.0. The number of piperidine rings is 1. The first kappa shape index (κ1) is 19.2. The van der Waals surface area contributed by atoms with E-state index in [0.29, 0.717) is 42.8 Å². The molecule has 0 aromatic heterocycles. The number of Topliss-reactive ketones (excluding diaryl/α,β-unsaturated/α-hetero) is 1. The molecule has 0 saturated carbocycles. The van der Waals surface area contributed by atoms with E-state index in [1.165, 1.54) is 11.8 Å². The Morgan fingerprint density at radius 1 is 0.963 bits per heavy atom. The van der Waals surface area contributed by atoms with Crippen LogP contribution in [0.15, 0.2) is 59.5 Å². The van der Waals surface area contributed by atoms with Crippen molar-refractivity contribution in [1.29, 1.82) is 0 Å². The minimum atomic E-state index is -0.788. The van der Waals surface area contributed by atoms with Gasteiger partial charge in [-0.1, -0.05) is 36.4 Å². The van der Waals surface area contributed by atoms with Crippen LogP contribution < -0.4 is 0 Å². The number of carboxylic acid groups (broad SMARTS) is 1. The molecule has 1 heterocycles. The average molecular weight is 383 g/mol. The van der Waals surface area contributed by atoms with Gasteiger partial charge in [0.25, 0.3) is 5.91 Å². The second-order valence-electron chi connectivity index (χ2n) is 6.51. The third-order valence-electron chi connectivity index (χ3n) is 4.68. The first-order valence-corrected chi connectivity index (χ1v) is 9.86. The van der Waals surface area contributed by atoms with Crippen LogP contribution in [-0.4, -0.2) is 46.5 Å². The van der Waals surface area contributed by atoms with E-state index in [2.05, 4.69) is 0 Å². The van der Waals surface area contributed by atoms with E-state index in [1.807, 2.05) is 30.3 Å². The molecule has 1 fully saturated rings. The number of rotatable bonds is 6. The van der Waals surface area contributed by atoms with Gasteiger partial charge >= 0.3 is 5.97 Å². The topological polar surface area (TPSA) is 74.7 Å². The largest absolute Gasteiger partial charge is 0.481 e. The molecule has 1 aliphatic rings. The molecule has 1 amide bonds. The average Bonchev–Trinajstić information content (AvgIpc) is 2.72. The van der Waals surface area contributed by atoms with Gasteiger partial charge in [0.1, 0.15) is 0 Å². The lowest BCUT2D eigenvalue weighted by molar-refractivity contribution is -0.143. The lowest BCUT2D eigenvalue weighted by atomic mass is 9.96. The highest BCUT2D eigenvalue weighted by Crippen LogP contribution is 2.23. The Bertz CT molecular complexity index is 829. The molecule has 2 aromatic rings. The van der Waals surface area contributed by atoms with Crippen molar-refractivity contribution in [2.24, 2.45) is 5.92 Å². The molecule has 2 aromatic carbocycles. The van der Waals surface area contributed by atoms with E-state index in [0.717, 1.165) is 4.90 Å². The first-order valence-electron chi connectivity index (χ1n) is 8.88. The van der Waals surface area contributed by atoms with Gasteiger partial charge in [-0.25, -0.2) is 0 Å². The molecule has 1 saturated heterocycles. The molecular formula is C21H21NO4S. The second-order valence-corrected chi connectivity index (χ2v) is 7.56. The number of carbonyl (C=O) groups is 3. The van der Waals surface area contributed by atoms with Crippen molar-refractivity contribution in [3.63, 3.8) is 0 Å². The van der Waals surface area contributed by atoms with Crippen molar-refractivity contribution >= 4 is 29.4 Å². The lowest BCUT2D eigenvalue weighted by Crippen LogP contribution is -2.40. The van der Waals surface area contributed by atoms with E-state index in [1.54, 1.807) is 29.2 Å². The summed E-state index contributed by atoms with van der Waals surface area (Å²) in [5.74, 6) is -0.877. The Morgan fingerprint density at radius 3 is 2.30 bits per heavy atom. The zero-order chi connectivity index (χ0) is 19.2. The van der Waals surface area contributed by atoms with Crippen LogP contribution in [0.25, 0.3) is 0 Å². The van der Waals surface area contributed by atoms with Gasteiger partial charge in [-0.15, -0.1) is 11.8 Å². The zero-order valence-corrected chi connectivity index (χ0v) is 15.7. The highest BCUT2D eigenvalue weighted by Gasteiger charge is 2.27. The fraction of sp³-hybridized carbons (Fsp3) is 0.286. The summed E-state index contributed by atoms with van der Waals surface area (Å²) in [7, 11) is 0. The normalized spacial score (nSPS) is 14.7. The zero-order valence-electron chi connectivity index (χ0n) is 14.8. The van der Waals surface area contributed by atoms with Gasteiger partial charge < -0.3 is 10.0 Å². The molecule has 0 bridgehead atoms.